The third kappa shape index (κ3) is 5.42. The van der Waals surface area contributed by atoms with Gasteiger partial charge in [-0.15, -0.1) is 0 Å². The summed E-state index contributed by atoms with van der Waals surface area (Å²) in [6.45, 7) is 2.35. The van der Waals surface area contributed by atoms with Gasteiger partial charge in [-0.05, 0) is 24.6 Å². The Labute approximate surface area is 207 Å². The van der Waals surface area contributed by atoms with E-state index < -0.39 is 28.9 Å². The topological polar surface area (TPSA) is 148 Å². The third-order valence-corrected chi connectivity index (χ3v) is 5.93. The molecule has 1 unspecified atom stereocenters. The molecular formula is C23H24F3N7O4. The summed E-state index contributed by atoms with van der Waals surface area (Å²) in [4.78, 5) is 53.4. The van der Waals surface area contributed by atoms with Crippen LogP contribution in [0.2, 0.25) is 0 Å². The second-order valence-electron chi connectivity index (χ2n) is 8.70. The number of hydrogen-bond donors (Lipinski definition) is 3. The predicted octanol–water partition coefficient (Wildman–Crippen LogP) is 2.05. The molecule has 196 valence electrons. The van der Waals surface area contributed by atoms with Crippen LogP contribution >= 0.6 is 0 Å². The summed E-state index contributed by atoms with van der Waals surface area (Å²) in [6.07, 6.45) is -1.22. The number of carbonyl (C=O) groups excluding carboxylic acids is 2. The van der Waals surface area contributed by atoms with Crippen LogP contribution in [-0.2, 0) is 24.1 Å². The third-order valence-electron chi connectivity index (χ3n) is 5.93. The summed E-state index contributed by atoms with van der Waals surface area (Å²) in [5, 5.41) is 6.53. The van der Waals surface area contributed by atoms with Gasteiger partial charge in [0.25, 0.3) is 11.5 Å². The normalized spacial score (nSPS) is 15.8. The number of alkyl halides is 3. The van der Waals surface area contributed by atoms with E-state index in [0.717, 1.165) is 16.7 Å². The smallest absolute Gasteiger partial charge is 0.383 e. The number of nitrogens with one attached hydrogen (secondary N) is 2. The van der Waals surface area contributed by atoms with E-state index >= 15 is 0 Å². The van der Waals surface area contributed by atoms with Gasteiger partial charge < -0.3 is 16.0 Å². The minimum absolute atomic E-state index is 0.0997. The number of aromatic amines is 1. The zero-order chi connectivity index (χ0) is 26.9. The van der Waals surface area contributed by atoms with Crippen molar-refractivity contribution in [2.45, 2.75) is 39.0 Å². The molecule has 3 aromatic rings. The number of amides is 2. The van der Waals surface area contributed by atoms with Crippen molar-refractivity contribution >= 4 is 29.0 Å². The maximum Gasteiger partial charge on any atom is 0.416 e. The van der Waals surface area contributed by atoms with Crippen LogP contribution in [0.1, 0.15) is 35.7 Å². The van der Waals surface area contributed by atoms with Crippen molar-refractivity contribution < 1.29 is 22.8 Å². The number of anilines is 3. The number of carbonyl (C=O) groups is 2. The number of nitrogen functional groups attached to an aromatic ring is 1. The molecule has 1 saturated heterocycles. The lowest BCUT2D eigenvalue weighted by Gasteiger charge is -2.18. The van der Waals surface area contributed by atoms with Gasteiger partial charge in [0.2, 0.25) is 5.91 Å². The van der Waals surface area contributed by atoms with Crippen LogP contribution in [0.4, 0.5) is 30.4 Å². The Morgan fingerprint density at radius 3 is 2.73 bits per heavy atom. The zero-order valence-corrected chi connectivity index (χ0v) is 19.7. The second-order valence-corrected chi connectivity index (χ2v) is 8.70. The molecule has 3 heterocycles. The summed E-state index contributed by atoms with van der Waals surface area (Å²) >= 11 is 0. The molecule has 37 heavy (non-hydrogen) atoms. The summed E-state index contributed by atoms with van der Waals surface area (Å²) < 4.78 is 41.5. The van der Waals surface area contributed by atoms with E-state index in [0.29, 0.717) is 6.42 Å². The molecule has 11 nitrogen and oxygen atoms in total. The van der Waals surface area contributed by atoms with Crippen LogP contribution in [0, 0.1) is 5.92 Å². The van der Waals surface area contributed by atoms with Crippen LogP contribution in [0.3, 0.4) is 0 Å². The fourth-order valence-corrected chi connectivity index (χ4v) is 4.17. The van der Waals surface area contributed by atoms with E-state index in [4.69, 9.17) is 5.73 Å². The molecule has 0 saturated carbocycles. The molecule has 1 aliphatic heterocycles. The highest BCUT2D eigenvalue weighted by atomic mass is 19.4. The van der Waals surface area contributed by atoms with Crippen molar-refractivity contribution in [2.24, 2.45) is 5.92 Å². The minimum atomic E-state index is -4.52. The number of H-pyrrole nitrogens is 1. The maximum atomic E-state index is 13.0. The lowest BCUT2D eigenvalue weighted by atomic mass is 10.1. The number of aromatic nitrogens is 4. The Kier molecular flexibility index (Phi) is 6.92. The van der Waals surface area contributed by atoms with Crippen LogP contribution < -0.4 is 27.2 Å². The molecule has 2 aromatic heterocycles. The first-order valence-corrected chi connectivity index (χ1v) is 11.4. The molecule has 1 aliphatic rings. The van der Waals surface area contributed by atoms with Crippen molar-refractivity contribution in [3.05, 3.63) is 68.6 Å². The predicted molar refractivity (Wildman–Crippen MR) is 128 cm³/mol. The van der Waals surface area contributed by atoms with E-state index in [1.54, 1.807) is 6.92 Å². The van der Waals surface area contributed by atoms with Crippen molar-refractivity contribution in [1.29, 1.82) is 0 Å². The number of halogens is 3. The molecule has 4 N–H and O–H groups in total. The van der Waals surface area contributed by atoms with Gasteiger partial charge in [-0.25, -0.2) is 4.79 Å². The molecule has 2 amide bonds. The van der Waals surface area contributed by atoms with E-state index in [-0.39, 0.29) is 60.6 Å². The first kappa shape index (κ1) is 25.7. The molecule has 0 bridgehead atoms. The summed E-state index contributed by atoms with van der Waals surface area (Å²) in [7, 11) is 0. The van der Waals surface area contributed by atoms with Gasteiger partial charge in [-0.1, -0.05) is 13.0 Å². The molecule has 0 spiro atoms. The molecule has 0 aliphatic carbocycles. The van der Waals surface area contributed by atoms with Crippen LogP contribution in [0.5, 0.6) is 0 Å². The van der Waals surface area contributed by atoms with Crippen molar-refractivity contribution in [3.63, 3.8) is 0 Å². The van der Waals surface area contributed by atoms with Crippen LogP contribution in [-0.4, -0.2) is 37.7 Å². The van der Waals surface area contributed by atoms with E-state index in [2.05, 4.69) is 15.4 Å². The van der Waals surface area contributed by atoms with Crippen molar-refractivity contribution in [1.82, 2.24) is 19.3 Å². The molecule has 1 aromatic carbocycles. The monoisotopic (exact) mass is 519 g/mol. The lowest BCUT2D eigenvalue weighted by Crippen LogP contribution is -2.38. The average molecular weight is 519 g/mol. The van der Waals surface area contributed by atoms with Crippen molar-refractivity contribution in [3.8, 4) is 0 Å². The molecule has 0 radical (unpaired) electrons. The van der Waals surface area contributed by atoms with E-state index in [9.17, 15) is 32.3 Å². The van der Waals surface area contributed by atoms with Crippen molar-refractivity contribution in [2.75, 3.05) is 22.5 Å². The number of benzene rings is 1. The van der Waals surface area contributed by atoms with Gasteiger partial charge in [0, 0.05) is 43.9 Å². The van der Waals surface area contributed by atoms with Gasteiger partial charge in [-0.2, -0.15) is 18.3 Å². The van der Waals surface area contributed by atoms with Gasteiger partial charge >= 0.3 is 11.9 Å². The second kappa shape index (κ2) is 9.95. The molecular weight excluding hydrogens is 495 g/mol. The number of rotatable bonds is 7. The number of nitrogens with two attached hydrogens (primary N) is 1. The van der Waals surface area contributed by atoms with E-state index in [1.165, 1.54) is 34.1 Å². The van der Waals surface area contributed by atoms with Crippen LogP contribution in [0.25, 0.3) is 0 Å². The highest BCUT2D eigenvalue weighted by Gasteiger charge is 2.34. The fraction of sp³-hybridized carbons (Fsp3) is 0.348. The Morgan fingerprint density at radius 1 is 1.27 bits per heavy atom. The zero-order valence-electron chi connectivity index (χ0n) is 19.7. The quantitative estimate of drug-likeness (QED) is 0.435. The first-order valence-electron chi connectivity index (χ1n) is 11.4. The molecule has 1 fully saturated rings. The molecule has 14 heteroatoms. The van der Waals surface area contributed by atoms with Gasteiger partial charge in [0.1, 0.15) is 11.5 Å². The fourth-order valence-electron chi connectivity index (χ4n) is 4.17. The molecule has 4 rings (SSSR count). The van der Waals surface area contributed by atoms with Gasteiger partial charge in [0.05, 0.1) is 17.3 Å². The van der Waals surface area contributed by atoms with Gasteiger partial charge in [0.15, 0.2) is 0 Å². The highest BCUT2D eigenvalue weighted by molar-refractivity contribution is 6.05. The Hall–Kier alpha value is -4.36. The van der Waals surface area contributed by atoms with E-state index in [1.807, 2.05) is 0 Å². The number of hydrogen-bond acceptors (Lipinski definition) is 6. The maximum absolute atomic E-state index is 13.0. The Bertz CT molecular complexity index is 1460. The Morgan fingerprint density at radius 2 is 2.03 bits per heavy atom. The summed E-state index contributed by atoms with van der Waals surface area (Å²) in [5.41, 5.74) is 3.48. The standard InChI is InChI=1S/C23H24F3N7O4/c1-2-6-32-21(36)18(19(27)30-22(32)37)29-20(35)14-9-28-31(12-14)10-13-7-17(34)33(11-13)16-5-3-4-15(8-16)23(24,25)26/h3-5,8-9,12-13H,2,6-7,10-11,27H2,1H3,(H,29,35)(H,30,37). The summed E-state index contributed by atoms with van der Waals surface area (Å²) in [6, 6.07) is 4.58. The SMILES string of the molecule is CCCn1c(=O)[nH]c(N)c(NC(=O)c2cnn(CC3CC(=O)N(c4cccc(C(F)(F)F)c4)C3)c2)c1=O. The lowest BCUT2D eigenvalue weighted by molar-refractivity contribution is -0.137. The summed E-state index contributed by atoms with van der Waals surface area (Å²) in [5.74, 6) is -1.53. The highest BCUT2D eigenvalue weighted by Crippen LogP contribution is 2.33. The largest absolute Gasteiger partial charge is 0.416 e. The number of nitrogens with zero attached hydrogens (tertiary/aromatic N) is 4. The first-order chi connectivity index (χ1) is 17.5. The van der Waals surface area contributed by atoms with Gasteiger partial charge in [-0.3, -0.25) is 28.6 Å². The van der Waals surface area contributed by atoms with Crippen LogP contribution in [0.15, 0.2) is 46.2 Å². The minimum Gasteiger partial charge on any atom is -0.383 e. The Balaban J connectivity index is 1.44. The molecule has 1 atom stereocenters. The average Bonchev–Trinajstić information content (AvgIpc) is 3.45.